The molecule has 0 radical (unpaired) electrons. The van der Waals surface area contributed by atoms with Crippen LogP contribution in [0.3, 0.4) is 0 Å². The van der Waals surface area contributed by atoms with Crippen molar-refractivity contribution in [2.24, 2.45) is 4.99 Å². The summed E-state index contributed by atoms with van der Waals surface area (Å²) in [5.74, 6) is 0.289. The number of carbonyl (C=O) groups excluding carboxylic acids is 1. The zero-order chi connectivity index (χ0) is 24.3. The molecule has 0 unspecified atom stereocenters. The number of halogens is 2. The molecule has 1 aromatic heterocycles. The Morgan fingerprint density at radius 1 is 0.889 bits per heavy atom. The molecule has 1 heterocycles. The third kappa shape index (κ3) is 7.65. The standard InChI is InChI=1S/C29H34N2O2.2ClH.Ni/c1-18(2)21-14-11-15-22(19(3)4)27(21)30-17-25(32)23-16-24(20-12-9-8-10-13-20)31-28(33)26(23)29(5,6)7;;;/h8-19H,1-7H3,(H,31,33);2*1H;/q;;;+2/p-2. The van der Waals surface area contributed by atoms with Gasteiger partial charge >= 0.3 is 16.5 Å². The van der Waals surface area contributed by atoms with E-state index in [1.807, 2.05) is 57.2 Å². The normalized spacial score (nSPS) is 11.1. The zero-order valence-corrected chi connectivity index (χ0v) is 24.3. The third-order valence-electron chi connectivity index (χ3n) is 5.79. The van der Waals surface area contributed by atoms with Crippen LogP contribution in [-0.4, -0.2) is 17.0 Å². The molecule has 0 bridgehead atoms. The summed E-state index contributed by atoms with van der Waals surface area (Å²) >= 11 is 0. The van der Waals surface area contributed by atoms with E-state index < -0.39 is 5.41 Å². The van der Waals surface area contributed by atoms with Gasteiger partial charge in [-0.1, -0.05) is 97.0 Å². The summed E-state index contributed by atoms with van der Waals surface area (Å²) in [6.07, 6.45) is 1.38. The molecule has 0 aliphatic heterocycles. The predicted octanol–water partition coefficient (Wildman–Crippen LogP) is 1.18. The third-order valence-corrected chi connectivity index (χ3v) is 5.79. The minimum Gasteiger partial charge on any atom is -1.00 e. The number of hydrogen-bond donors (Lipinski definition) is 1. The van der Waals surface area contributed by atoms with Crippen molar-refractivity contribution in [1.29, 1.82) is 0 Å². The molecule has 0 saturated heterocycles. The molecule has 2 aromatic carbocycles. The summed E-state index contributed by atoms with van der Waals surface area (Å²) in [7, 11) is 0. The maximum atomic E-state index is 13.5. The van der Waals surface area contributed by atoms with E-state index in [1.165, 1.54) is 6.21 Å². The van der Waals surface area contributed by atoms with Gasteiger partial charge in [0.15, 0.2) is 0 Å². The van der Waals surface area contributed by atoms with Crippen LogP contribution in [0.2, 0.25) is 0 Å². The second kappa shape index (κ2) is 13.9. The van der Waals surface area contributed by atoms with Crippen molar-refractivity contribution in [3.8, 4) is 11.3 Å². The number of hydrogen-bond acceptors (Lipinski definition) is 3. The van der Waals surface area contributed by atoms with E-state index in [-0.39, 0.29) is 64.5 Å². The first kappa shape index (κ1) is 33.8. The van der Waals surface area contributed by atoms with E-state index in [9.17, 15) is 9.59 Å². The molecule has 36 heavy (non-hydrogen) atoms. The fraction of sp³-hybridized carbons (Fsp3) is 0.345. The second-order valence-electron chi connectivity index (χ2n) is 10.1. The molecule has 7 heteroatoms. The van der Waals surface area contributed by atoms with Crippen LogP contribution in [0.1, 0.15) is 87.4 Å². The monoisotopic (exact) mass is 570 g/mol. The maximum absolute atomic E-state index is 13.5. The average molecular weight is 572 g/mol. The van der Waals surface area contributed by atoms with Crippen LogP contribution in [0.5, 0.6) is 0 Å². The van der Waals surface area contributed by atoms with Gasteiger partial charge in [-0.2, -0.15) is 0 Å². The summed E-state index contributed by atoms with van der Waals surface area (Å²) < 4.78 is 0. The Hall–Kier alpha value is -2.20. The van der Waals surface area contributed by atoms with Crippen molar-refractivity contribution >= 4 is 17.7 Å². The Bertz CT molecular complexity index is 1220. The van der Waals surface area contributed by atoms with Crippen LogP contribution in [-0.2, 0) is 21.9 Å². The van der Waals surface area contributed by atoms with Crippen molar-refractivity contribution in [1.82, 2.24) is 4.98 Å². The van der Waals surface area contributed by atoms with Crippen LogP contribution in [0, 0.1) is 0 Å². The maximum Gasteiger partial charge on any atom is 2.00 e. The van der Waals surface area contributed by atoms with Gasteiger partial charge in [0.2, 0.25) is 5.78 Å². The van der Waals surface area contributed by atoms with Crippen LogP contribution in [0.4, 0.5) is 5.69 Å². The quantitative estimate of drug-likeness (QED) is 0.274. The van der Waals surface area contributed by atoms with Gasteiger partial charge in [-0.25, -0.2) is 0 Å². The number of carbonyl (C=O) groups is 1. The molecule has 0 amide bonds. The molecule has 3 aromatic rings. The number of H-pyrrole nitrogens is 1. The van der Waals surface area contributed by atoms with Crippen molar-refractivity contribution in [2.45, 2.75) is 65.7 Å². The Kier molecular flexibility index (Phi) is 13.1. The SMILES string of the molecule is CC(C)c1cccc(C(C)C)c1N=CC(=O)c1cc(-c2ccccc2)[nH]c(=O)c1C(C)(C)C.[Cl-].[Cl-].[Ni+2]. The fourth-order valence-corrected chi connectivity index (χ4v) is 4.13. The predicted molar refractivity (Wildman–Crippen MR) is 138 cm³/mol. The summed E-state index contributed by atoms with van der Waals surface area (Å²) in [5.41, 5.74) is 4.66. The number of nitrogens with one attached hydrogen (secondary N) is 1. The molecular weight excluding hydrogens is 538 g/mol. The number of Topliss-reactive ketones (excluding diaryl/α,β-unsaturated/α-hetero) is 1. The van der Waals surface area contributed by atoms with Crippen LogP contribution in [0.25, 0.3) is 11.3 Å². The molecule has 0 aliphatic rings. The minimum atomic E-state index is -0.499. The van der Waals surface area contributed by atoms with Crippen LogP contribution >= 0.6 is 0 Å². The summed E-state index contributed by atoms with van der Waals surface area (Å²) in [6, 6.07) is 17.5. The molecule has 0 atom stereocenters. The van der Waals surface area contributed by atoms with Gasteiger partial charge in [0.05, 0.1) is 11.9 Å². The molecule has 196 valence electrons. The molecule has 4 nitrogen and oxygen atoms in total. The largest absolute Gasteiger partial charge is 2.00 e. The molecule has 0 fully saturated rings. The van der Waals surface area contributed by atoms with Gasteiger partial charge in [0.1, 0.15) is 0 Å². The van der Waals surface area contributed by atoms with Gasteiger partial charge in [0, 0.05) is 16.8 Å². The van der Waals surface area contributed by atoms with Gasteiger partial charge in [-0.05, 0) is 40.0 Å². The summed E-state index contributed by atoms with van der Waals surface area (Å²) in [6.45, 7) is 14.3. The zero-order valence-electron chi connectivity index (χ0n) is 21.8. The molecule has 0 spiro atoms. The Morgan fingerprint density at radius 2 is 1.42 bits per heavy atom. The van der Waals surface area contributed by atoms with Crippen molar-refractivity contribution in [3.05, 3.63) is 87.2 Å². The number of rotatable bonds is 6. The van der Waals surface area contributed by atoms with Crippen molar-refractivity contribution < 1.29 is 46.1 Å². The number of para-hydroxylation sites is 1. The second-order valence-corrected chi connectivity index (χ2v) is 10.1. The van der Waals surface area contributed by atoms with Crippen molar-refractivity contribution in [3.63, 3.8) is 0 Å². The van der Waals surface area contributed by atoms with Gasteiger partial charge in [-0.3, -0.25) is 14.6 Å². The molecule has 3 rings (SSSR count). The number of aromatic nitrogens is 1. The average Bonchev–Trinajstić information content (AvgIpc) is 2.76. The van der Waals surface area contributed by atoms with E-state index in [4.69, 9.17) is 4.99 Å². The van der Waals surface area contributed by atoms with Gasteiger partial charge in [-0.15, -0.1) is 0 Å². The van der Waals surface area contributed by atoms with E-state index in [1.54, 1.807) is 6.07 Å². The smallest absolute Gasteiger partial charge is 1.00 e. The van der Waals surface area contributed by atoms with E-state index in [2.05, 4.69) is 44.8 Å². The van der Waals surface area contributed by atoms with Crippen LogP contribution in [0.15, 0.2) is 64.4 Å². The minimum absolute atomic E-state index is 0. The van der Waals surface area contributed by atoms with Crippen LogP contribution < -0.4 is 30.4 Å². The summed E-state index contributed by atoms with van der Waals surface area (Å²) in [4.78, 5) is 34.2. The fourth-order valence-electron chi connectivity index (χ4n) is 4.13. The Balaban J connectivity index is 0.00000408. The number of aromatic amines is 1. The van der Waals surface area contributed by atoms with Crippen molar-refractivity contribution in [2.75, 3.05) is 0 Å². The number of nitrogens with zero attached hydrogens (tertiary/aromatic N) is 1. The Morgan fingerprint density at radius 3 is 1.89 bits per heavy atom. The number of pyridine rings is 1. The van der Waals surface area contributed by atoms with E-state index in [0.717, 1.165) is 22.4 Å². The molecule has 0 saturated carbocycles. The van der Waals surface area contributed by atoms with Gasteiger partial charge in [0.25, 0.3) is 5.56 Å². The Labute approximate surface area is 237 Å². The number of benzene rings is 2. The number of aliphatic imine (C=N–C) groups is 1. The number of ketones is 1. The first-order chi connectivity index (χ1) is 15.5. The first-order valence-corrected chi connectivity index (χ1v) is 11.5. The van der Waals surface area contributed by atoms with E-state index >= 15 is 0 Å². The first-order valence-electron chi connectivity index (χ1n) is 11.5. The molecule has 0 aliphatic carbocycles. The van der Waals surface area contributed by atoms with Gasteiger partial charge < -0.3 is 29.8 Å². The summed E-state index contributed by atoms with van der Waals surface area (Å²) in [5, 5.41) is 0. The topological polar surface area (TPSA) is 62.3 Å². The molecule has 1 N–H and O–H groups in total. The molecular formula is C29H34Cl2N2NiO2. The van der Waals surface area contributed by atoms with E-state index in [0.29, 0.717) is 16.8 Å².